The van der Waals surface area contributed by atoms with E-state index < -0.39 is 6.04 Å². The van der Waals surface area contributed by atoms with Gasteiger partial charge in [-0.05, 0) is 34.7 Å². The first-order chi connectivity index (χ1) is 14.1. The Morgan fingerprint density at radius 3 is 2.69 bits per heavy atom. The van der Waals surface area contributed by atoms with Crippen LogP contribution in [0.5, 0.6) is 0 Å². The number of aromatic nitrogens is 1. The Balaban J connectivity index is 1.57. The van der Waals surface area contributed by atoms with Gasteiger partial charge < -0.3 is 19.5 Å². The Hall–Kier alpha value is -3.12. The molecule has 3 aromatic rings. The SMILES string of the molecule is COCCn1ccc2ccc(NC(=O)C3Cc4ccccc4CN3C(C)=O)cc21. The quantitative estimate of drug-likeness (QED) is 0.726. The largest absolute Gasteiger partial charge is 0.383 e. The summed E-state index contributed by atoms with van der Waals surface area (Å²) >= 11 is 0. The van der Waals surface area contributed by atoms with E-state index in [1.165, 1.54) is 6.92 Å². The summed E-state index contributed by atoms with van der Waals surface area (Å²) in [4.78, 5) is 26.9. The zero-order valence-electron chi connectivity index (χ0n) is 16.7. The van der Waals surface area contributed by atoms with E-state index in [4.69, 9.17) is 4.74 Å². The molecule has 1 atom stereocenters. The number of rotatable bonds is 5. The van der Waals surface area contributed by atoms with Gasteiger partial charge in [-0.2, -0.15) is 0 Å². The van der Waals surface area contributed by atoms with Gasteiger partial charge in [0.25, 0.3) is 0 Å². The summed E-state index contributed by atoms with van der Waals surface area (Å²) in [7, 11) is 1.68. The third-order valence-corrected chi connectivity index (χ3v) is 5.53. The first-order valence-electron chi connectivity index (χ1n) is 9.79. The number of hydrogen-bond donors (Lipinski definition) is 1. The van der Waals surface area contributed by atoms with Gasteiger partial charge in [0.1, 0.15) is 6.04 Å². The number of carbonyl (C=O) groups is 2. The summed E-state index contributed by atoms with van der Waals surface area (Å²) in [6.45, 7) is 3.34. The summed E-state index contributed by atoms with van der Waals surface area (Å²) in [6.07, 6.45) is 2.54. The standard InChI is InChI=1S/C23H25N3O3/c1-16(27)26-15-19-6-4-3-5-18(19)13-22(26)23(28)24-20-8-7-17-9-10-25(11-12-29-2)21(17)14-20/h3-10,14,22H,11-13,15H2,1-2H3,(H,24,28). The summed E-state index contributed by atoms with van der Waals surface area (Å²) in [6, 6.07) is 15.4. The summed E-state index contributed by atoms with van der Waals surface area (Å²) in [5.74, 6) is -0.257. The summed E-state index contributed by atoms with van der Waals surface area (Å²) in [5, 5.41) is 4.12. The Kier molecular flexibility index (Phi) is 5.36. The molecule has 0 saturated heterocycles. The highest BCUT2D eigenvalue weighted by Crippen LogP contribution is 2.25. The summed E-state index contributed by atoms with van der Waals surface area (Å²) < 4.78 is 7.28. The fourth-order valence-electron chi connectivity index (χ4n) is 3.96. The van der Waals surface area contributed by atoms with Gasteiger partial charge in [-0.1, -0.05) is 30.3 Å². The van der Waals surface area contributed by atoms with E-state index in [1.807, 2.05) is 54.7 Å². The Bertz CT molecular complexity index is 1060. The Morgan fingerprint density at radius 1 is 1.14 bits per heavy atom. The lowest BCUT2D eigenvalue weighted by atomic mass is 9.93. The molecular weight excluding hydrogens is 366 g/mol. The van der Waals surface area contributed by atoms with E-state index in [9.17, 15) is 9.59 Å². The Labute approximate surface area is 170 Å². The first kappa shape index (κ1) is 19.2. The highest BCUT2D eigenvalue weighted by atomic mass is 16.5. The molecule has 0 bridgehead atoms. The Morgan fingerprint density at radius 2 is 1.93 bits per heavy atom. The van der Waals surface area contributed by atoms with Crippen molar-refractivity contribution in [2.24, 2.45) is 0 Å². The van der Waals surface area contributed by atoms with Crippen molar-refractivity contribution in [3.05, 3.63) is 65.9 Å². The molecule has 4 rings (SSSR count). The molecule has 2 heterocycles. The van der Waals surface area contributed by atoms with E-state index in [1.54, 1.807) is 12.0 Å². The molecule has 1 unspecified atom stereocenters. The number of carbonyl (C=O) groups excluding carboxylic acids is 2. The molecule has 1 N–H and O–H groups in total. The van der Waals surface area contributed by atoms with Crippen molar-refractivity contribution < 1.29 is 14.3 Å². The van der Waals surface area contributed by atoms with E-state index in [2.05, 4.69) is 9.88 Å². The molecule has 0 saturated carbocycles. The predicted molar refractivity (Wildman–Crippen MR) is 113 cm³/mol. The topological polar surface area (TPSA) is 63.6 Å². The molecule has 2 aromatic carbocycles. The van der Waals surface area contributed by atoms with E-state index in [0.717, 1.165) is 34.3 Å². The number of nitrogens with zero attached hydrogens (tertiary/aromatic N) is 2. The van der Waals surface area contributed by atoms with Crippen molar-refractivity contribution in [2.45, 2.75) is 32.5 Å². The van der Waals surface area contributed by atoms with Crippen LogP contribution >= 0.6 is 0 Å². The van der Waals surface area contributed by atoms with Crippen molar-refractivity contribution in [3.63, 3.8) is 0 Å². The van der Waals surface area contributed by atoms with Gasteiger partial charge in [-0.3, -0.25) is 9.59 Å². The van der Waals surface area contributed by atoms with Crippen LogP contribution in [0.15, 0.2) is 54.7 Å². The smallest absolute Gasteiger partial charge is 0.247 e. The zero-order valence-corrected chi connectivity index (χ0v) is 16.7. The number of nitrogens with one attached hydrogen (secondary N) is 1. The fraction of sp³-hybridized carbons (Fsp3) is 0.304. The average Bonchev–Trinajstić information content (AvgIpc) is 3.13. The normalized spacial score (nSPS) is 15.9. The van der Waals surface area contributed by atoms with E-state index >= 15 is 0 Å². The van der Waals surface area contributed by atoms with Gasteiger partial charge in [0.2, 0.25) is 11.8 Å². The van der Waals surface area contributed by atoms with Crippen LogP contribution in [0.4, 0.5) is 5.69 Å². The van der Waals surface area contributed by atoms with Gasteiger partial charge in [0, 0.05) is 45.4 Å². The van der Waals surface area contributed by atoms with Crippen LogP contribution in [0.1, 0.15) is 18.1 Å². The molecule has 1 aromatic heterocycles. The number of benzene rings is 2. The molecule has 6 heteroatoms. The maximum atomic E-state index is 13.1. The second-order valence-electron chi connectivity index (χ2n) is 7.40. The van der Waals surface area contributed by atoms with Gasteiger partial charge in [-0.25, -0.2) is 0 Å². The van der Waals surface area contributed by atoms with Crippen LogP contribution < -0.4 is 5.32 Å². The number of fused-ring (bicyclic) bond motifs is 2. The zero-order chi connectivity index (χ0) is 20.4. The number of hydrogen-bond acceptors (Lipinski definition) is 3. The maximum absolute atomic E-state index is 13.1. The molecule has 0 aliphatic carbocycles. The van der Waals surface area contributed by atoms with Gasteiger partial charge in [-0.15, -0.1) is 0 Å². The minimum Gasteiger partial charge on any atom is -0.383 e. The van der Waals surface area contributed by atoms with Crippen LogP contribution in [0, 0.1) is 0 Å². The van der Waals surface area contributed by atoms with Crippen LogP contribution in [-0.4, -0.2) is 41.0 Å². The first-order valence-corrected chi connectivity index (χ1v) is 9.79. The minimum absolute atomic E-state index is 0.0939. The van der Waals surface area contributed by atoms with Crippen LogP contribution in [0.25, 0.3) is 10.9 Å². The molecule has 1 aliphatic rings. The monoisotopic (exact) mass is 391 g/mol. The number of ether oxygens (including phenoxy) is 1. The minimum atomic E-state index is -0.515. The highest BCUT2D eigenvalue weighted by molar-refractivity contribution is 5.99. The molecule has 0 fully saturated rings. The van der Waals surface area contributed by atoms with Crippen molar-refractivity contribution in [3.8, 4) is 0 Å². The fourth-order valence-corrected chi connectivity index (χ4v) is 3.96. The van der Waals surface area contributed by atoms with Gasteiger partial charge in [0.15, 0.2) is 0 Å². The van der Waals surface area contributed by atoms with E-state index in [-0.39, 0.29) is 11.8 Å². The van der Waals surface area contributed by atoms with Crippen LogP contribution in [0.3, 0.4) is 0 Å². The molecule has 2 amide bonds. The van der Waals surface area contributed by atoms with Gasteiger partial charge in [0.05, 0.1) is 12.1 Å². The lowest BCUT2D eigenvalue weighted by molar-refractivity contribution is -0.138. The third kappa shape index (κ3) is 3.89. The maximum Gasteiger partial charge on any atom is 0.247 e. The lowest BCUT2D eigenvalue weighted by Gasteiger charge is -2.35. The van der Waals surface area contributed by atoms with Crippen LogP contribution in [-0.2, 0) is 33.8 Å². The summed E-state index contributed by atoms with van der Waals surface area (Å²) in [5.41, 5.74) is 3.98. The van der Waals surface area contributed by atoms with Gasteiger partial charge >= 0.3 is 0 Å². The van der Waals surface area contributed by atoms with Crippen molar-refractivity contribution in [2.75, 3.05) is 19.0 Å². The molecule has 0 spiro atoms. The second-order valence-corrected chi connectivity index (χ2v) is 7.40. The average molecular weight is 391 g/mol. The highest BCUT2D eigenvalue weighted by Gasteiger charge is 2.33. The van der Waals surface area contributed by atoms with Crippen LogP contribution in [0.2, 0.25) is 0 Å². The van der Waals surface area contributed by atoms with Crippen molar-refractivity contribution >= 4 is 28.4 Å². The molecule has 6 nitrogen and oxygen atoms in total. The molecule has 150 valence electrons. The second kappa shape index (κ2) is 8.09. The number of anilines is 1. The predicted octanol–water partition coefficient (Wildman–Crippen LogP) is 3.20. The van der Waals surface area contributed by atoms with E-state index in [0.29, 0.717) is 19.6 Å². The molecule has 0 radical (unpaired) electrons. The molecular formula is C23H25N3O3. The molecule has 29 heavy (non-hydrogen) atoms. The van der Waals surface area contributed by atoms with Crippen molar-refractivity contribution in [1.29, 1.82) is 0 Å². The van der Waals surface area contributed by atoms with Crippen molar-refractivity contribution in [1.82, 2.24) is 9.47 Å². The number of methoxy groups -OCH3 is 1. The lowest BCUT2D eigenvalue weighted by Crippen LogP contribution is -2.49. The third-order valence-electron chi connectivity index (χ3n) is 5.53. The number of amides is 2. The molecule has 1 aliphatic heterocycles.